The first-order valence-corrected chi connectivity index (χ1v) is 9.34. The summed E-state index contributed by atoms with van der Waals surface area (Å²) in [4.78, 5) is 0. The van der Waals surface area contributed by atoms with Crippen LogP contribution in [0.5, 0.6) is 5.75 Å². The Morgan fingerprint density at radius 2 is 1.58 bits per heavy atom. The van der Waals surface area contributed by atoms with E-state index in [9.17, 15) is 5.11 Å². The summed E-state index contributed by atoms with van der Waals surface area (Å²) in [5, 5.41) is 10.4. The molecule has 1 fully saturated rings. The molecule has 1 saturated heterocycles. The average molecular weight is 467 g/mol. The Balaban J connectivity index is 0.00000243. The van der Waals surface area contributed by atoms with Gasteiger partial charge in [-0.3, -0.25) is 0 Å². The lowest BCUT2D eigenvalue weighted by molar-refractivity contribution is -0.918. The van der Waals surface area contributed by atoms with Crippen molar-refractivity contribution in [3.8, 4) is 16.9 Å². The maximum absolute atomic E-state index is 10.4. The molecule has 0 aliphatic carbocycles. The number of hydrogen-bond donors (Lipinski definition) is 1. The topological polar surface area (TPSA) is 29.5 Å². The van der Waals surface area contributed by atoms with Gasteiger partial charge in [-0.15, -0.1) is 0 Å². The molecule has 2 aromatic rings. The van der Waals surface area contributed by atoms with Gasteiger partial charge in [0.15, 0.2) is 0 Å². The van der Waals surface area contributed by atoms with E-state index >= 15 is 0 Å². The molecule has 1 aliphatic heterocycles. The Morgan fingerprint density at radius 3 is 2.19 bits per heavy atom. The van der Waals surface area contributed by atoms with Gasteiger partial charge >= 0.3 is 0 Å². The number of rotatable bonds is 6. The normalized spacial score (nSPS) is 23.7. The fourth-order valence-corrected chi connectivity index (χ4v) is 3.63. The van der Waals surface area contributed by atoms with Crippen LogP contribution in [-0.2, 0) is 0 Å². The lowest BCUT2D eigenvalue weighted by atomic mass is 9.97. The van der Waals surface area contributed by atoms with Gasteiger partial charge in [-0.2, -0.15) is 0 Å². The fraction of sp³-hybridized carbons (Fsp3) is 0.455. The summed E-state index contributed by atoms with van der Waals surface area (Å²) in [5.41, 5.74) is 2.37. The summed E-state index contributed by atoms with van der Waals surface area (Å²) in [7, 11) is 2.25. The summed E-state index contributed by atoms with van der Waals surface area (Å²) >= 11 is 0. The van der Waals surface area contributed by atoms with Gasteiger partial charge in [0, 0.05) is 0 Å². The van der Waals surface area contributed by atoms with E-state index in [1.165, 1.54) is 24.0 Å². The highest BCUT2D eigenvalue weighted by Crippen LogP contribution is 2.23. The average Bonchev–Trinajstić information content (AvgIpc) is 2.64. The first kappa shape index (κ1) is 21.2. The number of halogens is 1. The maximum Gasteiger partial charge on any atom is 0.137 e. The molecule has 0 aromatic heterocycles. The minimum absolute atomic E-state index is 0. The Bertz CT molecular complexity index is 652. The summed E-state index contributed by atoms with van der Waals surface area (Å²) in [6.07, 6.45) is 2.09. The van der Waals surface area contributed by atoms with E-state index in [4.69, 9.17) is 4.74 Å². The number of likely N-dealkylation sites (N-methyl/N-ethyl adjacent to an activating group) is 1. The minimum Gasteiger partial charge on any atom is -1.00 e. The van der Waals surface area contributed by atoms with Crippen molar-refractivity contribution in [2.24, 2.45) is 5.92 Å². The van der Waals surface area contributed by atoms with E-state index in [-0.39, 0.29) is 24.0 Å². The quantitative estimate of drug-likeness (QED) is 0.507. The number of nitrogens with zero attached hydrogens (tertiary/aromatic N) is 1. The molecule has 3 rings (SSSR count). The zero-order valence-corrected chi connectivity index (χ0v) is 17.9. The molecule has 1 unspecified atom stereocenters. The van der Waals surface area contributed by atoms with Crippen LogP contribution in [0.3, 0.4) is 0 Å². The number of aliphatic hydroxyl groups excluding tert-OH is 1. The molecule has 26 heavy (non-hydrogen) atoms. The molecule has 1 atom stereocenters. The van der Waals surface area contributed by atoms with Gasteiger partial charge in [-0.05, 0) is 42.0 Å². The number of hydrogen-bond acceptors (Lipinski definition) is 2. The Morgan fingerprint density at radius 1 is 1.00 bits per heavy atom. The molecule has 0 radical (unpaired) electrons. The summed E-state index contributed by atoms with van der Waals surface area (Å²) in [6, 6.07) is 18.4. The molecule has 0 spiro atoms. The van der Waals surface area contributed by atoms with Gasteiger partial charge in [0.05, 0.1) is 20.1 Å². The van der Waals surface area contributed by atoms with E-state index < -0.39 is 6.10 Å². The molecule has 142 valence electrons. The van der Waals surface area contributed by atoms with Crippen LogP contribution in [0.4, 0.5) is 0 Å². The zero-order chi connectivity index (χ0) is 17.7. The van der Waals surface area contributed by atoms with Crippen LogP contribution in [0.25, 0.3) is 11.1 Å². The monoisotopic (exact) mass is 467 g/mol. The van der Waals surface area contributed by atoms with Gasteiger partial charge in [-0.1, -0.05) is 49.4 Å². The molecule has 2 aromatic carbocycles. The summed E-state index contributed by atoms with van der Waals surface area (Å²) < 4.78 is 6.77. The third-order valence-corrected chi connectivity index (χ3v) is 5.38. The van der Waals surface area contributed by atoms with E-state index in [2.05, 4.69) is 38.2 Å². The summed E-state index contributed by atoms with van der Waals surface area (Å²) in [6.45, 7) is 5.76. The summed E-state index contributed by atoms with van der Waals surface area (Å²) in [5.74, 6) is 1.64. The molecule has 1 N–H and O–H groups in total. The van der Waals surface area contributed by atoms with Gasteiger partial charge in [0.1, 0.15) is 25.0 Å². The molecule has 1 aliphatic rings. The third kappa shape index (κ3) is 5.96. The van der Waals surface area contributed by atoms with Gasteiger partial charge in [0.25, 0.3) is 0 Å². The molecule has 4 heteroatoms. The Kier molecular flexibility index (Phi) is 7.92. The maximum atomic E-state index is 10.4. The zero-order valence-electron chi connectivity index (χ0n) is 15.8. The standard InChI is InChI=1S/C22H30NO2.HI/c1-18-12-14-23(2,15-13-18)16-21(24)17-25-22-10-8-20(9-11-22)19-6-4-3-5-7-19;/h3-11,18,21,24H,12-17H2,1-2H3;1H/q+1;/p-1. The van der Waals surface area contributed by atoms with Crippen LogP contribution in [-0.4, -0.2) is 49.0 Å². The number of ether oxygens (including phenoxy) is 1. The lowest BCUT2D eigenvalue weighted by Crippen LogP contribution is -3.00. The predicted octanol–water partition coefficient (Wildman–Crippen LogP) is 0.974. The van der Waals surface area contributed by atoms with Crippen molar-refractivity contribution in [1.82, 2.24) is 0 Å². The van der Waals surface area contributed by atoms with Crippen molar-refractivity contribution in [3.63, 3.8) is 0 Å². The van der Waals surface area contributed by atoms with Crippen molar-refractivity contribution in [3.05, 3.63) is 54.6 Å². The largest absolute Gasteiger partial charge is 1.00 e. The SMILES string of the molecule is CC1CC[N+](C)(CC(O)COc2ccc(-c3ccccc3)cc2)CC1.[I-]. The first-order valence-electron chi connectivity index (χ1n) is 9.34. The van der Waals surface area contributed by atoms with Crippen LogP contribution in [0.15, 0.2) is 54.6 Å². The van der Waals surface area contributed by atoms with Crippen molar-refractivity contribution in [1.29, 1.82) is 0 Å². The highest BCUT2D eigenvalue weighted by Gasteiger charge is 2.30. The fourth-order valence-electron chi connectivity index (χ4n) is 3.63. The van der Waals surface area contributed by atoms with Crippen LogP contribution in [0.2, 0.25) is 0 Å². The van der Waals surface area contributed by atoms with Crippen molar-refractivity contribution in [2.45, 2.75) is 25.9 Å². The highest BCUT2D eigenvalue weighted by atomic mass is 127. The molecule has 1 heterocycles. The van der Waals surface area contributed by atoms with Crippen LogP contribution in [0.1, 0.15) is 19.8 Å². The second kappa shape index (κ2) is 9.72. The van der Waals surface area contributed by atoms with Crippen LogP contribution < -0.4 is 28.7 Å². The number of likely N-dealkylation sites (tertiary alicyclic amines) is 1. The van der Waals surface area contributed by atoms with E-state index in [0.717, 1.165) is 35.8 Å². The third-order valence-electron chi connectivity index (χ3n) is 5.38. The smallest absolute Gasteiger partial charge is 0.137 e. The van der Waals surface area contributed by atoms with E-state index in [0.29, 0.717) is 6.61 Å². The second-order valence-electron chi connectivity index (χ2n) is 7.79. The number of aliphatic hydroxyl groups is 1. The highest BCUT2D eigenvalue weighted by molar-refractivity contribution is 5.63. The van der Waals surface area contributed by atoms with Gasteiger partial charge in [-0.25, -0.2) is 0 Å². The van der Waals surface area contributed by atoms with E-state index in [1.807, 2.05) is 30.3 Å². The lowest BCUT2D eigenvalue weighted by Gasteiger charge is -2.41. The van der Waals surface area contributed by atoms with Crippen LogP contribution in [0, 0.1) is 5.92 Å². The van der Waals surface area contributed by atoms with Crippen molar-refractivity contribution < 1.29 is 38.3 Å². The first-order chi connectivity index (χ1) is 12.0. The Hall–Kier alpha value is -1.11. The number of piperidine rings is 1. The molecule has 0 bridgehead atoms. The Labute approximate surface area is 174 Å². The van der Waals surface area contributed by atoms with Crippen LogP contribution >= 0.6 is 0 Å². The van der Waals surface area contributed by atoms with Crippen molar-refractivity contribution in [2.75, 3.05) is 33.3 Å². The predicted molar refractivity (Wildman–Crippen MR) is 103 cm³/mol. The van der Waals surface area contributed by atoms with E-state index in [1.54, 1.807) is 0 Å². The molecular formula is C22H30INO2. The van der Waals surface area contributed by atoms with Gasteiger partial charge in [0.2, 0.25) is 0 Å². The van der Waals surface area contributed by atoms with Gasteiger partial charge < -0.3 is 38.3 Å². The second-order valence-corrected chi connectivity index (χ2v) is 7.79. The molecular weight excluding hydrogens is 437 g/mol. The van der Waals surface area contributed by atoms with Crippen molar-refractivity contribution >= 4 is 0 Å². The molecule has 0 saturated carbocycles. The number of benzene rings is 2. The molecule has 0 amide bonds. The number of quaternary nitrogens is 1. The minimum atomic E-state index is -0.424. The molecule has 3 nitrogen and oxygen atoms in total.